The molecular weight excluding hydrogens is 307 g/mol. The molecule has 0 rings (SSSR count). The second kappa shape index (κ2) is 7.27. The fraction of sp³-hybridized carbons (Fsp3) is 0.900. The minimum absolute atomic E-state index is 0. The van der Waals surface area contributed by atoms with Crippen molar-refractivity contribution < 1.29 is 45.0 Å². The first kappa shape index (κ1) is 16.4. The normalized spacial score (nSPS) is 16.7. The van der Waals surface area contributed by atoms with Crippen LogP contribution in [0.3, 0.4) is 0 Å². The summed E-state index contributed by atoms with van der Waals surface area (Å²) in [5.41, 5.74) is 0.165. The Morgan fingerprint density at radius 1 is 1.38 bits per heavy atom. The maximum absolute atomic E-state index is 10.2. The van der Waals surface area contributed by atoms with Gasteiger partial charge in [0.25, 0.3) is 0 Å². The monoisotopic (exact) mass is 329 g/mol. The predicted molar refractivity (Wildman–Crippen MR) is 53.7 cm³/mol. The average Bonchev–Trinajstić information content (AvgIpc) is 2.03. The number of aliphatic hydroxyl groups is 1. The predicted octanol–water partition coefficient (Wildman–Crippen LogP) is 2.26. The van der Waals surface area contributed by atoms with Gasteiger partial charge >= 0.3 is 0 Å². The van der Waals surface area contributed by atoms with Crippen molar-refractivity contribution in [1.82, 2.24) is 0 Å². The molecule has 80 valence electrons. The van der Waals surface area contributed by atoms with Crippen LogP contribution in [-0.4, -0.2) is 23.0 Å². The summed E-state index contributed by atoms with van der Waals surface area (Å²) >= 11 is 0. The van der Waals surface area contributed by atoms with Gasteiger partial charge in [0.2, 0.25) is 0 Å². The van der Waals surface area contributed by atoms with Gasteiger partial charge in [0, 0.05) is 52.2 Å². The van der Waals surface area contributed by atoms with Crippen LogP contribution in [-0.2, 0) is 0 Å². The standard InChI is InChI=1S/C10H21NO.Gd/c1-6-10(12,8(3)4)9(5)11-7-2;/h8,12H,6-7H2,1-5H3;. The maximum Gasteiger partial charge on any atom is 0.104 e. The van der Waals surface area contributed by atoms with Crippen LogP contribution in [0.4, 0.5) is 0 Å². The van der Waals surface area contributed by atoms with E-state index in [1.807, 2.05) is 34.6 Å². The topological polar surface area (TPSA) is 32.6 Å². The molecule has 0 aromatic carbocycles. The van der Waals surface area contributed by atoms with Crippen molar-refractivity contribution in [2.45, 2.75) is 46.6 Å². The van der Waals surface area contributed by atoms with Crippen LogP contribution >= 0.6 is 0 Å². The molecule has 0 aromatic heterocycles. The molecule has 0 heterocycles. The van der Waals surface area contributed by atoms with E-state index in [2.05, 4.69) is 4.99 Å². The molecular formula is C10H21GdNO. The molecule has 0 bridgehead atoms. The molecule has 0 saturated heterocycles. The molecule has 0 aliphatic heterocycles. The maximum atomic E-state index is 10.2. The van der Waals surface area contributed by atoms with Gasteiger partial charge in [0.1, 0.15) is 5.60 Å². The number of hydrogen-bond acceptors (Lipinski definition) is 2. The van der Waals surface area contributed by atoms with E-state index >= 15 is 0 Å². The van der Waals surface area contributed by atoms with Gasteiger partial charge < -0.3 is 5.11 Å². The molecule has 0 aliphatic rings. The first-order chi connectivity index (χ1) is 5.49. The SMILES string of the molecule is CCN=C(C)C(O)(CC)C(C)C.[Gd]. The molecule has 0 aromatic rings. The van der Waals surface area contributed by atoms with Crippen molar-refractivity contribution in [3.63, 3.8) is 0 Å². The molecule has 0 radical (unpaired) electrons. The summed E-state index contributed by atoms with van der Waals surface area (Å²) in [6.45, 7) is 10.7. The van der Waals surface area contributed by atoms with Crippen molar-refractivity contribution >= 4 is 5.71 Å². The van der Waals surface area contributed by atoms with E-state index in [0.29, 0.717) is 0 Å². The van der Waals surface area contributed by atoms with Gasteiger partial charge in [-0.3, -0.25) is 4.99 Å². The Morgan fingerprint density at radius 2 is 1.85 bits per heavy atom. The first-order valence-electron chi connectivity index (χ1n) is 4.72. The van der Waals surface area contributed by atoms with Crippen LogP contribution in [0.25, 0.3) is 0 Å². The van der Waals surface area contributed by atoms with E-state index in [9.17, 15) is 5.11 Å². The van der Waals surface area contributed by atoms with Gasteiger partial charge in [-0.2, -0.15) is 0 Å². The van der Waals surface area contributed by atoms with Crippen molar-refractivity contribution in [2.24, 2.45) is 10.9 Å². The molecule has 1 atom stereocenters. The van der Waals surface area contributed by atoms with Crippen molar-refractivity contribution in [3.8, 4) is 0 Å². The summed E-state index contributed by atoms with van der Waals surface area (Å²) in [7, 11) is 0. The van der Waals surface area contributed by atoms with Gasteiger partial charge in [-0.1, -0.05) is 20.8 Å². The van der Waals surface area contributed by atoms with Crippen molar-refractivity contribution in [2.75, 3.05) is 6.54 Å². The summed E-state index contributed by atoms with van der Waals surface area (Å²) in [5.74, 6) is 0.234. The Balaban J connectivity index is 0. The van der Waals surface area contributed by atoms with E-state index in [0.717, 1.165) is 18.7 Å². The Bertz CT molecular complexity index is 168. The zero-order valence-electron chi connectivity index (χ0n) is 9.24. The first-order valence-corrected chi connectivity index (χ1v) is 4.72. The molecule has 1 unspecified atom stereocenters. The summed E-state index contributed by atoms with van der Waals surface area (Å²) in [6.07, 6.45) is 0.736. The molecule has 0 fully saturated rings. The summed E-state index contributed by atoms with van der Waals surface area (Å²) in [5, 5.41) is 10.2. The molecule has 3 heteroatoms. The minimum Gasteiger partial charge on any atom is -0.384 e. The molecule has 1 N–H and O–H groups in total. The van der Waals surface area contributed by atoms with E-state index < -0.39 is 5.60 Å². The van der Waals surface area contributed by atoms with Crippen molar-refractivity contribution in [1.29, 1.82) is 0 Å². The van der Waals surface area contributed by atoms with Crippen LogP contribution in [0, 0.1) is 45.9 Å². The fourth-order valence-corrected chi connectivity index (χ4v) is 1.46. The molecule has 0 amide bonds. The number of hydrogen-bond donors (Lipinski definition) is 1. The molecule has 0 spiro atoms. The third kappa shape index (κ3) is 4.33. The van der Waals surface area contributed by atoms with Gasteiger partial charge in [0.05, 0.1) is 0 Å². The van der Waals surface area contributed by atoms with Gasteiger partial charge in [-0.05, 0) is 26.2 Å². The molecule has 2 nitrogen and oxygen atoms in total. The molecule has 0 saturated carbocycles. The van der Waals surface area contributed by atoms with Gasteiger partial charge in [-0.15, -0.1) is 0 Å². The Kier molecular flexibility index (Phi) is 9.17. The number of nitrogens with zero attached hydrogens (tertiary/aromatic N) is 1. The third-order valence-electron chi connectivity index (χ3n) is 2.52. The van der Waals surface area contributed by atoms with E-state index in [1.54, 1.807) is 0 Å². The minimum atomic E-state index is -0.698. The van der Waals surface area contributed by atoms with Crippen LogP contribution in [0.1, 0.15) is 41.0 Å². The van der Waals surface area contributed by atoms with Crippen molar-refractivity contribution in [3.05, 3.63) is 0 Å². The van der Waals surface area contributed by atoms with Gasteiger partial charge in [0.15, 0.2) is 0 Å². The van der Waals surface area contributed by atoms with Gasteiger partial charge in [-0.25, -0.2) is 0 Å². The summed E-state index contributed by atoms with van der Waals surface area (Å²) in [6, 6.07) is 0. The second-order valence-electron chi connectivity index (χ2n) is 3.49. The number of aliphatic imine (C=N–C) groups is 1. The zero-order chi connectivity index (χ0) is 9.78. The summed E-state index contributed by atoms with van der Waals surface area (Å²) < 4.78 is 0. The fourth-order valence-electron chi connectivity index (χ4n) is 1.46. The van der Waals surface area contributed by atoms with E-state index in [-0.39, 0.29) is 45.9 Å². The Morgan fingerprint density at radius 3 is 2.08 bits per heavy atom. The quantitative estimate of drug-likeness (QED) is 0.789. The second-order valence-corrected chi connectivity index (χ2v) is 3.49. The zero-order valence-corrected chi connectivity index (χ0v) is 11.5. The largest absolute Gasteiger partial charge is 0.384 e. The van der Waals surface area contributed by atoms with E-state index in [4.69, 9.17) is 0 Å². The van der Waals surface area contributed by atoms with Crippen LogP contribution in [0.15, 0.2) is 4.99 Å². The Hall–Kier alpha value is 0.955. The van der Waals surface area contributed by atoms with Crippen LogP contribution < -0.4 is 0 Å². The molecule has 0 aliphatic carbocycles. The Labute approximate surface area is 114 Å². The van der Waals surface area contributed by atoms with Crippen LogP contribution in [0.2, 0.25) is 0 Å². The van der Waals surface area contributed by atoms with Crippen LogP contribution in [0.5, 0.6) is 0 Å². The third-order valence-corrected chi connectivity index (χ3v) is 2.52. The summed E-state index contributed by atoms with van der Waals surface area (Å²) in [4.78, 5) is 4.26. The number of rotatable bonds is 4. The smallest absolute Gasteiger partial charge is 0.104 e. The molecule has 13 heavy (non-hydrogen) atoms. The average molecular weight is 329 g/mol. The van der Waals surface area contributed by atoms with E-state index in [1.165, 1.54) is 0 Å².